The Morgan fingerprint density at radius 2 is 1.88 bits per heavy atom. The van der Waals surface area contributed by atoms with Crippen LogP contribution in [0.4, 0.5) is 8.78 Å². The fraction of sp³-hybridized carbons (Fsp3) is 0.375. The molecule has 0 aliphatic rings. The molecule has 0 fully saturated rings. The Labute approximate surface area is 151 Å². The molecule has 0 saturated heterocycles. The first kappa shape index (κ1) is 19.2. The minimum absolute atomic E-state index is 0.228. The Morgan fingerprint density at radius 3 is 2.42 bits per heavy atom. The van der Waals surface area contributed by atoms with Gasteiger partial charge in [-0.25, -0.2) is 18.7 Å². The van der Waals surface area contributed by atoms with Gasteiger partial charge in [0.15, 0.2) is 0 Å². The summed E-state index contributed by atoms with van der Waals surface area (Å²) in [6, 6.07) is 2.84. The van der Waals surface area contributed by atoms with E-state index >= 15 is 0 Å². The highest BCUT2D eigenvalue weighted by Gasteiger charge is 2.31. The van der Waals surface area contributed by atoms with Crippen molar-refractivity contribution in [3.63, 3.8) is 0 Å². The number of hydrogen-bond donors (Lipinski definition) is 1. The summed E-state index contributed by atoms with van der Waals surface area (Å²) in [5.74, 6) is -1.30. The second kappa shape index (κ2) is 7.86. The first-order valence-electron chi connectivity index (χ1n) is 7.25. The molecule has 4 nitrogen and oxygen atoms in total. The third-order valence-electron chi connectivity index (χ3n) is 3.19. The lowest BCUT2D eigenvalue weighted by atomic mass is 10.0. The normalized spacial score (nSPS) is 14.5. The van der Waals surface area contributed by atoms with Crippen LogP contribution in [0.1, 0.15) is 38.1 Å². The number of benzene rings is 1. The van der Waals surface area contributed by atoms with E-state index in [-0.39, 0.29) is 6.42 Å². The van der Waals surface area contributed by atoms with Crippen molar-refractivity contribution in [2.45, 2.75) is 38.0 Å². The van der Waals surface area contributed by atoms with Crippen LogP contribution >= 0.6 is 15.9 Å². The molecular formula is C16H18BrF2N3OS. The van der Waals surface area contributed by atoms with Gasteiger partial charge in [0.05, 0.1) is 16.2 Å². The molecule has 24 heavy (non-hydrogen) atoms. The van der Waals surface area contributed by atoms with Gasteiger partial charge in [0.2, 0.25) is 0 Å². The van der Waals surface area contributed by atoms with E-state index in [1.165, 1.54) is 18.5 Å². The molecular weight excluding hydrogens is 400 g/mol. The zero-order chi connectivity index (χ0) is 17.9. The molecule has 1 heterocycles. The Balaban J connectivity index is 2.34. The molecule has 0 aliphatic heterocycles. The topological polar surface area (TPSA) is 60.9 Å². The maximum atomic E-state index is 13.5. The van der Waals surface area contributed by atoms with E-state index < -0.39 is 33.8 Å². The Kier molecular flexibility index (Phi) is 6.30. The minimum Gasteiger partial charge on any atom is -0.598 e. The van der Waals surface area contributed by atoms with E-state index in [4.69, 9.17) is 0 Å². The van der Waals surface area contributed by atoms with Crippen LogP contribution in [0.2, 0.25) is 0 Å². The van der Waals surface area contributed by atoms with Gasteiger partial charge in [-0.3, -0.25) is 0 Å². The molecule has 0 aliphatic carbocycles. The van der Waals surface area contributed by atoms with Crippen molar-refractivity contribution in [2.24, 2.45) is 0 Å². The molecule has 1 aromatic carbocycles. The van der Waals surface area contributed by atoms with Crippen LogP contribution in [-0.2, 0) is 17.8 Å². The molecule has 0 bridgehead atoms. The molecule has 8 heteroatoms. The third kappa shape index (κ3) is 5.20. The third-order valence-corrected chi connectivity index (χ3v) is 5.42. The largest absolute Gasteiger partial charge is 0.598 e. The number of rotatable bonds is 5. The van der Waals surface area contributed by atoms with E-state index in [1.54, 1.807) is 6.20 Å². The second-order valence-electron chi connectivity index (χ2n) is 6.29. The summed E-state index contributed by atoms with van der Waals surface area (Å²) >= 11 is 1.99. The van der Waals surface area contributed by atoms with Gasteiger partial charge in [-0.15, -0.1) is 4.72 Å². The van der Waals surface area contributed by atoms with E-state index in [2.05, 4.69) is 30.6 Å². The van der Waals surface area contributed by atoms with Crippen LogP contribution in [0.15, 0.2) is 35.2 Å². The number of aromatic nitrogens is 2. The van der Waals surface area contributed by atoms with Gasteiger partial charge in [-0.1, -0.05) is 0 Å². The van der Waals surface area contributed by atoms with Gasteiger partial charge < -0.3 is 4.55 Å². The first-order valence-corrected chi connectivity index (χ1v) is 9.19. The molecule has 0 saturated carbocycles. The number of halogens is 3. The van der Waals surface area contributed by atoms with Crippen LogP contribution in [0.5, 0.6) is 0 Å². The zero-order valence-corrected chi connectivity index (χ0v) is 15.9. The molecule has 130 valence electrons. The Bertz CT molecular complexity index is 692. The maximum Gasteiger partial charge on any atom is 0.136 e. The van der Waals surface area contributed by atoms with Crippen LogP contribution < -0.4 is 4.72 Å². The van der Waals surface area contributed by atoms with Gasteiger partial charge in [0, 0.05) is 23.6 Å². The van der Waals surface area contributed by atoms with E-state index in [1.807, 2.05) is 20.8 Å². The summed E-state index contributed by atoms with van der Waals surface area (Å²) in [5, 5.41) is 0. The monoisotopic (exact) mass is 417 g/mol. The van der Waals surface area contributed by atoms with Gasteiger partial charge in [-0.2, -0.15) is 0 Å². The molecule has 1 aromatic heterocycles. The van der Waals surface area contributed by atoms with Crippen LogP contribution in [0, 0.1) is 11.6 Å². The highest BCUT2D eigenvalue weighted by Crippen LogP contribution is 2.27. The molecule has 0 unspecified atom stereocenters. The standard InChI is InChI=1S/C16H18BrF2N3OS/c1-16(2,3)24(23)22-14(15-13(17)8-20-9-21-15)6-10-4-11(18)7-12(19)5-10/h4-5,7-9,14,22H,6H2,1-3H3/t14-,24-/m1/s1. The first-order chi connectivity index (χ1) is 11.2. The van der Waals surface area contributed by atoms with Gasteiger partial charge in [0.1, 0.15) is 22.7 Å². The predicted molar refractivity (Wildman–Crippen MR) is 93.6 cm³/mol. The maximum absolute atomic E-state index is 13.5. The van der Waals surface area contributed by atoms with Crippen molar-refractivity contribution in [1.82, 2.24) is 14.7 Å². The zero-order valence-electron chi connectivity index (χ0n) is 13.5. The quantitative estimate of drug-likeness (QED) is 0.750. The smallest absolute Gasteiger partial charge is 0.136 e. The molecule has 0 amide bonds. The summed E-state index contributed by atoms with van der Waals surface area (Å²) in [6.45, 7) is 5.51. The van der Waals surface area contributed by atoms with E-state index in [9.17, 15) is 13.3 Å². The fourth-order valence-corrected chi connectivity index (χ4v) is 3.35. The number of hydrogen-bond acceptors (Lipinski definition) is 4. The summed E-state index contributed by atoms with van der Waals surface area (Å²) in [4.78, 5) is 8.12. The Morgan fingerprint density at radius 1 is 1.25 bits per heavy atom. The van der Waals surface area contributed by atoms with Crippen molar-refractivity contribution >= 4 is 27.3 Å². The van der Waals surface area contributed by atoms with Crippen molar-refractivity contribution in [3.8, 4) is 0 Å². The SMILES string of the molecule is CC(C)(C)[S@@+]([O-])N[C@H](Cc1cc(F)cc(F)c1)c1ncncc1Br. The van der Waals surface area contributed by atoms with E-state index in [0.717, 1.165) is 6.07 Å². The van der Waals surface area contributed by atoms with Gasteiger partial charge in [-0.05, 0) is 60.8 Å². The van der Waals surface area contributed by atoms with Crippen molar-refractivity contribution in [3.05, 3.63) is 58.1 Å². The van der Waals surface area contributed by atoms with Gasteiger partial charge in [0.25, 0.3) is 0 Å². The summed E-state index contributed by atoms with van der Waals surface area (Å²) in [7, 11) is 0. The minimum atomic E-state index is -1.38. The highest BCUT2D eigenvalue weighted by atomic mass is 79.9. The second-order valence-corrected chi connectivity index (χ2v) is 9.14. The lowest BCUT2D eigenvalue weighted by Crippen LogP contribution is -2.42. The highest BCUT2D eigenvalue weighted by molar-refractivity contribution is 9.10. The van der Waals surface area contributed by atoms with Gasteiger partial charge >= 0.3 is 0 Å². The fourth-order valence-electron chi connectivity index (χ4n) is 2.04. The van der Waals surface area contributed by atoms with Crippen LogP contribution in [-0.4, -0.2) is 19.3 Å². The summed E-state index contributed by atoms with van der Waals surface area (Å²) in [6.07, 6.45) is 3.18. The average Bonchev–Trinajstić information content (AvgIpc) is 2.45. The van der Waals surface area contributed by atoms with Crippen molar-refractivity contribution < 1.29 is 13.3 Å². The lowest BCUT2D eigenvalue weighted by molar-refractivity contribution is 0.515. The lowest BCUT2D eigenvalue weighted by Gasteiger charge is -2.28. The molecule has 2 atom stereocenters. The predicted octanol–water partition coefficient (Wildman–Crippen LogP) is 3.85. The van der Waals surface area contributed by atoms with E-state index in [0.29, 0.717) is 15.7 Å². The molecule has 2 aromatic rings. The summed E-state index contributed by atoms with van der Waals surface area (Å²) < 4.78 is 42.5. The van der Waals surface area contributed by atoms with Crippen molar-refractivity contribution in [1.29, 1.82) is 0 Å². The molecule has 0 radical (unpaired) electrons. The molecule has 0 spiro atoms. The number of nitrogens with zero attached hydrogens (tertiary/aromatic N) is 2. The number of nitrogens with one attached hydrogen (secondary N) is 1. The van der Waals surface area contributed by atoms with Crippen LogP contribution in [0.3, 0.4) is 0 Å². The molecule has 1 N–H and O–H groups in total. The molecule has 2 rings (SSSR count). The van der Waals surface area contributed by atoms with Crippen molar-refractivity contribution in [2.75, 3.05) is 0 Å². The average molecular weight is 418 g/mol. The van der Waals surface area contributed by atoms with Crippen LogP contribution in [0.25, 0.3) is 0 Å². The Hall–Kier alpha value is -1.09. The summed E-state index contributed by atoms with van der Waals surface area (Å²) in [5.41, 5.74) is 1.02.